The number of alkyl halides is 1. The number of fused-ring (bicyclic) bond motifs is 1. The number of rotatable bonds is 8. The first kappa shape index (κ1) is 20.0. The van der Waals surface area contributed by atoms with Crippen LogP contribution < -0.4 is 5.32 Å². The molecule has 2 rings (SSSR count). The fraction of sp³-hybridized carbons (Fsp3) is 0.412. The largest absolute Gasteiger partial charge is 0.481 e. The summed E-state index contributed by atoms with van der Waals surface area (Å²) in [5, 5.41) is 11.1. The van der Waals surface area contributed by atoms with Gasteiger partial charge in [0, 0.05) is 16.6 Å². The monoisotopic (exact) mass is 428 g/mol. The van der Waals surface area contributed by atoms with Crippen LogP contribution in [-0.4, -0.2) is 52.3 Å². The highest BCUT2D eigenvalue weighted by Crippen LogP contribution is 2.28. The van der Waals surface area contributed by atoms with Crippen LogP contribution in [0.15, 0.2) is 22.7 Å². The lowest BCUT2D eigenvalue weighted by Gasteiger charge is -2.27. The van der Waals surface area contributed by atoms with Crippen molar-refractivity contribution in [2.45, 2.75) is 38.4 Å². The van der Waals surface area contributed by atoms with Crippen molar-refractivity contribution < 1.29 is 28.7 Å². The number of ketones is 1. The maximum atomic E-state index is 12.6. The van der Waals surface area contributed by atoms with E-state index >= 15 is 0 Å². The molecule has 7 nitrogen and oxygen atoms in total. The summed E-state index contributed by atoms with van der Waals surface area (Å²) in [6.07, 6.45) is -0.456. The Labute approximate surface area is 157 Å². The number of amides is 2. The van der Waals surface area contributed by atoms with Crippen LogP contribution in [0.2, 0.25) is 0 Å². The van der Waals surface area contributed by atoms with Gasteiger partial charge in [-0.05, 0) is 24.1 Å². The Bertz CT molecular complexity index is 755. The Hall–Kier alpha value is -2.29. The normalized spacial score (nSPS) is 15.3. The van der Waals surface area contributed by atoms with Gasteiger partial charge in [0.1, 0.15) is 18.8 Å². The van der Waals surface area contributed by atoms with E-state index in [-0.39, 0.29) is 18.9 Å². The number of benzene rings is 1. The van der Waals surface area contributed by atoms with Crippen molar-refractivity contribution in [2.24, 2.45) is 0 Å². The summed E-state index contributed by atoms with van der Waals surface area (Å²) in [5.74, 6) is -3.36. The summed E-state index contributed by atoms with van der Waals surface area (Å²) < 4.78 is 13.4. The van der Waals surface area contributed by atoms with Gasteiger partial charge in [-0.1, -0.05) is 28.9 Å². The minimum Gasteiger partial charge on any atom is -0.481 e. The molecule has 0 aromatic heterocycles. The maximum Gasteiger partial charge on any atom is 0.305 e. The highest BCUT2D eigenvalue weighted by Gasteiger charge is 2.37. The number of aliphatic carboxylic acids is 1. The molecule has 2 amide bonds. The lowest BCUT2D eigenvalue weighted by molar-refractivity contribution is -0.140. The van der Waals surface area contributed by atoms with Gasteiger partial charge in [-0.25, -0.2) is 4.39 Å². The van der Waals surface area contributed by atoms with Crippen molar-refractivity contribution in [2.75, 3.05) is 6.67 Å². The van der Waals surface area contributed by atoms with E-state index < -0.39 is 42.8 Å². The molecule has 1 aliphatic heterocycles. The van der Waals surface area contributed by atoms with Crippen molar-refractivity contribution in [1.82, 2.24) is 10.2 Å². The summed E-state index contributed by atoms with van der Waals surface area (Å²) in [6.45, 7) is 0.546. The van der Waals surface area contributed by atoms with Crippen molar-refractivity contribution in [1.29, 1.82) is 0 Å². The molecule has 1 aromatic rings. The van der Waals surface area contributed by atoms with Crippen molar-refractivity contribution >= 4 is 39.5 Å². The zero-order valence-electron chi connectivity index (χ0n) is 14.0. The number of hydrogen-bond donors (Lipinski definition) is 2. The second kappa shape index (κ2) is 8.39. The van der Waals surface area contributed by atoms with E-state index in [0.29, 0.717) is 5.56 Å². The average Bonchev–Trinajstić information content (AvgIpc) is 2.90. The predicted octanol–water partition coefficient (Wildman–Crippen LogP) is 1.68. The highest BCUT2D eigenvalue weighted by atomic mass is 79.9. The Balaban J connectivity index is 2.17. The molecule has 0 bridgehead atoms. The van der Waals surface area contributed by atoms with Crippen LogP contribution in [0, 0.1) is 0 Å². The van der Waals surface area contributed by atoms with Gasteiger partial charge in [-0.2, -0.15) is 0 Å². The molecular formula is C17H18BrFN2O5. The molecule has 0 radical (unpaired) electrons. The van der Waals surface area contributed by atoms with Crippen LogP contribution in [0.4, 0.5) is 4.39 Å². The minimum absolute atomic E-state index is 0.230. The van der Waals surface area contributed by atoms with Crippen molar-refractivity contribution in [3.8, 4) is 0 Å². The number of nitrogens with zero attached hydrogens (tertiary/aromatic N) is 1. The van der Waals surface area contributed by atoms with Crippen molar-refractivity contribution in [3.63, 3.8) is 0 Å². The molecule has 0 fully saturated rings. The van der Waals surface area contributed by atoms with E-state index in [4.69, 9.17) is 5.11 Å². The van der Waals surface area contributed by atoms with Gasteiger partial charge in [0.25, 0.3) is 5.91 Å². The Kier molecular flexibility index (Phi) is 6.47. The third-order valence-electron chi connectivity index (χ3n) is 4.19. The molecule has 1 aliphatic rings. The smallest absolute Gasteiger partial charge is 0.305 e. The van der Waals surface area contributed by atoms with Crippen LogP contribution in [0.3, 0.4) is 0 Å². The van der Waals surface area contributed by atoms with Gasteiger partial charge in [-0.15, -0.1) is 0 Å². The third-order valence-corrected chi connectivity index (χ3v) is 4.68. The topological polar surface area (TPSA) is 104 Å². The molecular weight excluding hydrogens is 411 g/mol. The summed E-state index contributed by atoms with van der Waals surface area (Å²) in [7, 11) is 0. The van der Waals surface area contributed by atoms with Crippen LogP contribution in [0.1, 0.15) is 35.7 Å². The summed E-state index contributed by atoms with van der Waals surface area (Å²) >= 11 is 3.30. The number of carbonyl (C=O) groups excluding carboxylic acids is 3. The van der Waals surface area contributed by atoms with Gasteiger partial charge in [0.15, 0.2) is 5.78 Å². The minimum atomic E-state index is -1.46. The molecule has 0 saturated carbocycles. The summed E-state index contributed by atoms with van der Waals surface area (Å²) in [5.41, 5.74) is 1.25. The van der Waals surface area contributed by atoms with Gasteiger partial charge in [0.05, 0.1) is 6.42 Å². The second-order valence-electron chi connectivity index (χ2n) is 5.92. The number of Topliss-reactive ketones (excluding diaryl/α,β-unsaturated/α-hetero) is 1. The molecule has 0 aliphatic carbocycles. The van der Waals surface area contributed by atoms with E-state index in [9.17, 15) is 23.6 Å². The predicted molar refractivity (Wildman–Crippen MR) is 93.3 cm³/mol. The molecule has 0 saturated heterocycles. The van der Waals surface area contributed by atoms with E-state index in [0.717, 1.165) is 10.0 Å². The first-order valence-corrected chi connectivity index (χ1v) is 8.78. The molecule has 0 spiro atoms. The van der Waals surface area contributed by atoms with Gasteiger partial charge in [-0.3, -0.25) is 19.2 Å². The second-order valence-corrected chi connectivity index (χ2v) is 6.83. The van der Waals surface area contributed by atoms with Gasteiger partial charge < -0.3 is 15.3 Å². The zero-order valence-corrected chi connectivity index (χ0v) is 15.6. The maximum absolute atomic E-state index is 12.6. The highest BCUT2D eigenvalue weighted by molar-refractivity contribution is 9.10. The van der Waals surface area contributed by atoms with E-state index in [2.05, 4.69) is 21.2 Å². The standard InChI is InChI=1S/C17H18BrFN2O5/c1-2-13(16(25)20-12(6-15(23)24)14(22)7-19)21-8-9-3-4-10(18)5-11(9)17(21)26/h3-5,12-13H,2,6-8H2,1H3,(H,20,25)(H,23,24). The number of carboxylic acids is 1. The molecule has 2 unspecified atom stereocenters. The molecule has 140 valence electrons. The van der Waals surface area contributed by atoms with Crippen molar-refractivity contribution in [3.05, 3.63) is 33.8 Å². The molecule has 2 N–H and O–H groups in total. The Morgan fingerprint density at radius 2 is 2.08 bits per heavy atom. The number of hydrogen-bond acceptors (Lipinski definition) is 4. The van der Waals surface area contributed by atoms with E-state index in [1.807, 2.05) is 0 Å². The SMILES string of the molecule is CCC(C(=O)NC(CC(=O)O)C(=O)CF)N1Cc2ccc(Br)cc2C1=O. The van der Waals surface area contributed by atoms with Crippen LogP contribution in [-0.2, 0) is 20.9 Å². The molecule has 9 heteroatoms. The van der Waals surface area contributed by atoms with Crippen LogP contribution >= 0.6 is 15.9 Å². The average molecular weight is 429 g/mol. The summed E-state index contributed by atoms with van der Waals surface area (Å²) in [6, 6.07) is 2.88. The number of halogens is 2. The van der Waals surface area contributed by atoms with Gasteiger partial charge in [0.2, 0.25) is 5.91 Å². The third kappa shape index (κ3) is 4.27. The Morgan fingerprint density at radius 1 is 1.38 bits per heavy atom. The number of carbonyl (C=O) groups is 4. The molecule has 2 atom stereocenters. The first-order valence-electron chi connectivity index (χ1n) is 7.98. The summed E-state index contributed by atoms with van der Waals surface area (Å²) in [4.78, 5) is 48.9. The van der Waals surface area contributed by atoms with Crippen LogP contribution in [0.5, 0.6) is 0 Å². The molecule has 1 aromatic carbocycles. The van der Waals surface area contributed by atoms with Gasteiger partial charge >= 0.3 is 5.97 Å². The quantitative estimate of drug-likeness (QED) is 0.655. The van der Waals surface area contributed by atoms with E-state index in [1.165, 1.54) is 4.90 Å². The first-order chi connectivity index (χ1) is 12.3. The van der Waals surface area contributed by atoms with Crippen LogP contribution in [0.25, 0.3) is 0 Å². The fourth-order valence-corrected chi connectivity index (χ4v) is 3.24. The lowest BCUT2D eigenvalue weighted by Crippen LogP contribution is -2.52. The number of nitrogens with one attached hydrogen (secondary N) is 1. The number of carboxylic acid groups (broad SMARTS) is 1. The Morgan fingerprint density at radius 3 is 2.65 bits per heavy atom. The molecule has 26 heavy (non-hydrogen) atoms. The molecule has 1 heterocycles. The zero-order chi connectivity index (χ0) is 19.4. The lowest BCUT2D eigenvalue weighted by atomic mass is 10.1. The fourth-order valence-electron chi connectivity index (χ4n) is 2.88. The van der Waals surface area contributed by atoms with E-state index in [1.54, 1.807) is 25.1 Å².